The van der Waals surface area contributed by atoms with Gasteiger partial charge in [-0.3, -0.25) is 0 Å². The number of carbonyl (C=O) groups excluding carboxylic acids is 1. The molecule has 2 amide bonds. The molecule has 0 saturated heterocycles. The fourth-order valence-electron chi connectivity index (χ4n) is 1.43. The number of aliphatic carboxylic acids is 1. The highest BCUT2D eigenvalue weighted by atomic mass is 19.4. The van der Waals surface area contributed by atoms with Crippen LogP contribution in [0.5, 0.6) is 0 Å². The van der Waals surface area contributed by atoms with Crippen LogP contribution in [0.2, 0.25) is 0 Å². The standard InChI is InChI=1S/C12H13F3N2O3/c13-12(14,15)6-7-16-11(20)17-9(10(18)19)8-4-2-1-3-5-8/h1-5,9H,6-7H2,(H,18,19)(H2,16,17,20). The number of carboxylic acids is 1. The van der Waals surface area contributed by atoms with Crippen LogP contribution in [-0.2, 0) is 4.79 Å². The Balaban J connectivity index is 2.55. The maximum Gasteiger partial charge on any atom is 0.390 e. The van der Waals surface area contributed by atoms with Crippen LogP contribution < -0.4 is 10.6 Å². The number of carbonyl (C=O) groups is 2. The predicted molar refractivity (Wildman–Crippen MR) is 64.0 cm³/mol. The predicted octanol–water partition coefficient (Wildman–Crippen LogP) is 2.06. The van der Waals surface area contributed by atoms with Gasteiger partial charge in [0, 0.05) is 6.54 Å². The summed E-state index contributed by atoms with van der Waals surface area (Å²) in [4.78, 5) is 22.4. The number of benzene rings is 1. The fourth-order valence-corrected chi connectivity index (χ4v) is 1.43. The molecular formula is C12H13F3N2O3. The van der Waals surface area contributed by atoms with Gasteiger partial charge in [0.15, 0.2) is 6.04 Å². The van der Waals surface area contributed by atoms with Crippen LogP contribution in [0.3, 0.4) is 0 Å². The number of alkyl halides is 3. The molecule has 0 radical (unpaired) electrons. The average molecular weight is 290 g/mol. The van der Waals surface area contributed by atoms with Gasteiger partial charge in [0.25, 0.3) is 0 Å². The lowest BCUT2D eigenvalue weighted by Gasteiger charge is -2.15. The molecule has 0 aromatic heterocycles. The SMILES string of the molecule is O=C(NCCC(F)(F)F)NC(C(=O)O)c1ccccc1. The average Bonchev–Trinajstić information content (AvgIpc) is 2.35. The first kappa shape index (κ1) is 15.8. The molecule has 1 rings (SSSR count). The summed E-state index contributed by atoms with van der Waals surface area (Å²) >= 11 is 0. The maximum absolute atomic E-state index is 11.9. The summed E-state index contributed by atoms with van der Waals surface area (Å²) in [5, 5.41) is 13.1. The molecule has 0 aliphatic carbocycles. The summed E-state index contributed by atoms with van der Waals surface area (Å²) < 4.78 is 35.7. The highest BCUT2D eigenvalue weighted by Gasteiger charge is 2.27. The van der Waals surface area contributed by atoms with E-state index < -0.39 is 37.2 Å². The smallest absolute Gasteiger partial charge is 0.390 e. The van der Waals surface area contributed by atoms with Crippen molar-refractivity contribution >= 4 is 12.0 Å². The molecule has 0 aliphatic rings. The van der Waals surface area contributed by atoms with Crippen LogP contribution in [0.1, 0.15) is 18.0 Å². The zero-order valence-electron chi connectivity index (χ0n) is 10.3. The molecule has 110 valence electrons. The summed E-state index contributed by atoms with van der Waals surface area (Å²) in [6, 6.07) is 5.56. The Labute approximate surface area is 112 Å². The van der Waals surface area contributed by atoms with E-state index in [9.17, 15) is 22.8 Å². The molecule has 0 bridgehead atoms. The molecule has 0 saturated carbocycles. The normalized spacial score (nSPS) is 12.6. The molecule has 0 heterocycles. The third-order valence-electron chi connectivity index (χ3n) is 2.35. The van der Waals surface area contributed by atoms with Gasteiger partial charge < -0.3 is 15.7 Å². The van der Waals surface area contributed by atoms with Gasteiger partial charge in [-0.2, -0.15) is 13.2 Å². The van der Waals surface area contributed by atoms with E-state index in [0.29, 0.717) is 5.56 Å². The molecule has 5 nitrogen and oxygen atoms in total. The summed E-state index contributed by atoms with van der Waals surface area (Å²) in [6.07, 6.45) is -5.55. The van der Waals surface area contributed by atoms with Crippen molar-refractivity contribution in [3.8, 4) is 0 Å². The van der Waals surface area contributed by atoms with Gasteiger partial charge in [-0.25, -0.2) is 9.59 Å². The van der Waals surface area contributed by atoms with Crippen LogP contribution in [0.15, 0.2) is 30.3 Å². The van der Waals surface area contributed by atoms with Crippen molar-refractivity contribution in [3.05, 3.63) is 35.9 Å². The van der Waals surface area contributed by atoms with E-state index in [2.05, 4.69) is 5.32 Å². The first-order chi connectivity index (χ1) is 9.29. The number of nitrogens with one attached hydrogen (secondary N) is 2. The summed E-state index contributed by atoms with van der Waals surface area (Å²) in [5.41, 5.74) is 0.325. The highest BCUT2D eigenvalue weighted by Crippen LogP contribution is 2.18. The minimum Gasteiger partial charge on any atom is -0.479 e. The van der Waals surface area contributed by atoms with Gasteiger partial charge in [-0.1, -0.05) is 30.3 Å². The molecule has 1 unspecified atom stereocenters. The monoisotopic (exact) mass is 290 g/mol. The molecule has 20 heavy (non-hydrogen) atoms. The van der Waals surface area contributed by atoms with E-state index in [0.717, 1.165) is 0 Å². The maximum atomic E-state index is 11.9. The Morgan fingerprint density at radius 2 is 1.80 bits per heavy atom. The molecule has 8 heteroatoms. The Kier molecular flexibility index (Phi) is 5.36. The lowest BCUT2D eigenvalue weighted by molar-refractivity contribution is -0.139. The van der Waals surface area contributed by atoms with Crippen LogP contribution in [0.4, 0.5) is 18.0 Å². The number of amides is 2. The second-order valence-electron chi connectivity index (χ2n) is 3.95. The van der Waals surface area contributed by atoms with E-state index in [4.69, 9.17) is 5.11 Å². The molecule has 3 N–H and O–H groups in total. The van der Waals surface area contributed by atoms with E-state index >= 15 is 0 Å². The first-order valence-electron chi connectivity index (χ1n) is 5.68. The van der Waals surface area contributed by atoms with Crippen LogP contribution >= 0.6 is 0 Å². The van der Waals surface area contributed by atoms with E-state index in [1.807, 2.05) is 5.32 Å². The third-order valence-corrected chi connectivity index (χ3v) is 2.35. The van der Waals surface area contributed by atoms with Crippen molar-refractivity contribution in [2.45, 2.75) is 18.6 Å². The van der Waals surface area contributed by atoms with Crippen molar-refractivity contribution < 1.29 is 27.9 Å². The minimum atomic E-state index is -4.38. The molecule has 0 spiro atoms. The second kappa shape index (κ2) is 6.78. The summed E-state index contributed by atoms with van der Waals surface area (Å²) in [7, 11) is 0. The van der Waals surface area contributed by atoms with Crippen LogP contribution in [0.25, 0.3) is 0 Å². The van der Waals surface area contributed by atoms with Crippen molar-refractivity contribution in [2.75, 3.05) is 6.54 Å². The number of hydrogen-bond donors (Lipinski definition) is 3. The zero-order chi connectivity index (χ0) is 15.2. The second-order valence-corrected chi connectivity index (χ2v) is 3.95. The fraction of sp³-hybridized carbons (Fsp3) is 0.333. The molecular weight excluding hydrogens is 277 g/mol. The largest absolute Gasteiger partial charge is 0.479 e. The van der Waals surface area contributed by atoms with Crippen molar-refractivity contribution in [3.63, 3.8) is 0 Å². The number of halogens is 3. The van der Waals surface area contributed by atoms with Gasteiger partial charge in [0.1, 0.15) is 0 Å². The van der Waals surface area contributed by atoms with Gasteiger partial charge >= 0.3 is 18.2 Å². The molecule has 0 aliphatic heterocycles. The Bertz CT molecular complexity index is 463. The quantitative estimate of drug-likeness (QED) is 0.776. The number of hydrogen-bond acceptors (Lipinski definition) is 2. The Hall–Kier alpha value is -2.25. The molecule has 1 aromatic rings. The first-order valence-corrected chi connectivity index (χ1v) is 5.68. The zero-order valence-corrected chi connectivity index (χ0v) is 10.3. The molecule has 1 aromatic carbocycles. The van der Waals surface area contributed by atoms with E-state index in [1.165, 1.54) is 12.1 Å². The Morgan fingerprint density at radius 1 is 1.20 bits per heavy atom. The van der Waals surface area contributed by atoms with Crippen molar-refractivity contribution in [2.24, 2.45) is 0 Å². The van der Waals surface area contributed by atoms with E-state index in [1.54, 1.807) is 18.2 Å². The summed E-state index contributed by atoms with van der Waals surface area (Å²) in [5.74, 6) is -1.30. The Morgan fingerprint density at radius 3 is 2.30 bits per heavy atom. The molecule has 0 fully saturated rings. The summed E-state index contributed by atoms with van der Waals surface area (Å²) in [6.45, 7) is -0.615. The highest BCUT2D eigenvalue weighted by molar-refractivity contribution is 5.83. The topological polar surface area (TPSA) is 78.4 Å². The van der Waals surface area contributed by atoms with Crippen LogP contribution in [-0.4, -0.2) is 29.8 Å². The number of rotatable bonds is 5. The van der Waals surface area contributed by atoms with Gasteiger partial charge in [-0.15, -0.1) is 0 Å². The van der Waals surface area contributed by atoms with Crippen molar-refractivity contribution in [1.29, 1.82) is 0 Å². The van der Waals surface area contributed by atoms with Gasteiger partial charge in [0.2, 0.25) is 0 Å². The van der Waals surface area contributed by atoms with Gasteiger partial charge in [-0.05, 0) is 5.56 Å². The minimum absolute atomic E-state index is 0.325. The van der Waals surface area contributed by atoms with Gasteiger partial charge in [0.05, 0.1) is 6.42 Å². The number of urea groups is 1. The molecule has 1 atom stereocenters. The van der Waals surface area contributed by atoms with Crippen molar-refractivity contribution in [1.82, 2.24) is 10.6 Å². The van der Waals surface area contributed by atoms with Crippen LogP contribution in [0, 0.1) is 0 Å². The van der Waals surface area contributed by atoms with E-state index in [-0.39, 0.29) is 0 Å². The lowest BCUT2D eigenvalue weighted by atomic mass is 10.1. The number of carboxylic acid groups (broad SMARTS) is 1. The third kappa shape index (κ3) is 5.59. The lowest BCUT2D eigenvalue weighted by Crippen LogP contribution is -2.41.